The van der Waals surface area contributed by atoms with Crippen molar-refractivity contribution in [2.45, 2.75) is 52.9 Å². The summed E-state index contributed by atoms with van der Waals surface area (Å²) in [6, 6.07) is 8.87. The van der Waals surface area contributed by atoms with Crippen molar-refractivity contribution >= 4 is 6.08 Å². The standard InChI is InChI=1S/C26H28/c1-17-14-24-22-11-7-6-8-18(22)12-13-23(24)25(17)26(2,3)21-15-19-9-4-5-10-20(19)16-21/h4-5,9-10,12-15,24H,6-8,11,16H2,1-3H3. The maximum absolute atomic E-state index is 2.55. The first-order valence-corrected chi connectivity index (χ1v) is 10.2. The fourth-order valence-corrected chi connectivity index (χ4v) is 5.67. The Bertz CT molecular complexity index is 940. The summed E-state index contributed by atoms with van der Waals surface area (Å²) in [6.45, 7) is 7.21. The van der Waals surface area contributed by atoms with Gasteiger partial charge in [-0.3, -0.25) is 0 Å². The number of benzene rings is 1. The van der Waals surface area contributed by atoms with Crippen LogP contribution in [0, 0.1) is 11.3 Å². The first kappa shape index (κ1) is 16.1. The van der Waals surface area contributed by atoms with E-state index in [-0.39, 0.29) is 5.41 Å². The smallest absolute Gasteiger partial charge is 0.0243 e. The van der Waals surface area contributed by atoms with E-state index >= 15 is 0 Å². The highest BCUT2D eigenvalue weighted by Crippen LogP contribution is 2.53. The quantitative estimate of drug-likeness (QED) is 0.545. The predicted molar refractivity (Wildman–Crippen MR) is 111 cm³/mol. The summed E-state index contributed by atoms with van der Waals surface area (Å²) in [7, 11) is 0. The van der Waals surface area contributed by atoms with Gasteiger partial charge in [0.2, 0.25) is 0 Å². The number of fused-ring (bicyclic) bond motifs is 3. The van der Waals surface area contributed by atoms with Crippen LogP contribution in [0.3, 0.4) is 0 Å². The van der Waals surface area contributed by atoms with Crippen molar-refractivity contribution in [1.29, 1.82) is 0 Å². The van der Waals surface area contributed by atoms with Crippen LogP contribution in [0.2, 0.25) is 0 Å². The number of hydrogen-bond donors (Lipinski definition) is 0. The largest absolute Gasteiger partial charge is 0.0697 e. The lowest BCUT2D eigenvalue weighted by Gasteiger charge is -2.33. The molecule has 0 aromatic heterocycles. The Morgan fingerprint density at radius 3 is 2.65 bits per heavy atom. The van der Waals surface area contributed by atoms with Crippen molar-refractivity contribution < 1.29 is 0 Å². The Hall–Kier alpha value is -2.08. The molecule has 0 heteroatoms. The molecule has 26 heavy (non-hydrogen) atoms. The number of rotatable bonds is 2. The molecule has 5 rings (SSSR count). The second kappa shape index (κ2) is 5.71. The lowest BCUT2D eigenvalue weighted by Crippen LogP contribution is -2.21. The Morgan fingerprint density at radius 1 is 1.00 bits per heavy atom. The summed E-state index contributed by atoms with van der Waals surface area (Å²) in [6.07, 6.45) is 16.3. The summed E-state index contributed by atoms with van der Waals surface area (Å²) >= 11 is 0. The Labute approximate surface area is 157 Å². The highest BCUT2D eigenvalue weighted by atomic mass is 14.4. The molecule has 0 amide bonds. The molecular weight excluding hydrogens is 312 g/mol. The number of hydrogen-bond acceptors (Lipinski definition) is 0. The first-order valence-electron chi connectivity index (χ1n) is 10.2. The fourth-order valence-electron chi connectivity index (χ4n) is 5.67. The van der Waals surface area contributed by atoms with Crippen LogP contribution in [0.25, 0.3) is 6.08 Å². The monoisotopic (exact) mass is 340 g/mol. The van der Waals surface area contributed by atoms with E-state index < -0.39 is 0 Å². The van der Waals surface area contributed by atoms with E-state index in [2.05, 4.69) is 69.3 Å². The summed E-state index contributed by atoms with van der Waals surface area (Å²) in [5.41, 5.74) is 12.5. The van der Waals surface area contributed by atoms with Gasteiger partial charge >= 0.3 is 0 Å². The van der Waals surface area contributed by atoms with Gasteiger partial charge in [0.15, 0.2) is 0 Å². The van der Waals surface area contributed by atoms with Gasteiger partial charge in [-0.1, -0.05) is 73.6 Å². The van der Waals surface area contributed by atoms with Crippen LogP contribution in [0.15, 0.2) is 75.9 Å². The second-order valence-corrected chi connectivity index (χ2v) is 8.92. The van der Waals surface area contributed by atoms with Crippen molar-refractivity contribution in [2.24, 2.45) is 11.3 Å². The van der Waals surface area contributed by atoms with E-state index in [0.29, 0.717) is 5.92 Å². The zero-order valence-electron chi connectivity index (χ0n) is 16.2. The summed E-state index contributed by atoms with van der Waals surface area (Å²) in [4.78, 5) is 0. The summed E-state index contributed by atoms with van der Waals surface area (Å²) < 4.78 is 0. The van der Waals surface area contributed by atoms with Gasteiger partial charge in [-0.2, -0.15) is 0 Å². The molecule has 1 aromatic carbocycles. The van der Waals surface area contributed by atoms with E-state index in [1.54, 1.807) is 27.9 Å². The van der Waals surface area contributed by atoms with Crippen molar-refractivity contribution in [3.63, 3.8) is 0 Å². The average molecular weight is 341 g/mol. The van der Waals surface area contributed by atoms with Gasteiger partial charge in [0.05, 0.1) is 0 Å². The van der Waals surface area contributed by atoms with Crippen LogP contribution in [0.5, 0.6) is 0 Å². The topological polar surface area (TPSA) is 0 Å². The van der Waals surface area contributed by atoms with Gasteiger partial charge in [0.1, 0.15) is 0 Å². The highest BCUT2D eigenvalue weighted by molar-refractivity contribution is 5.69. The molecular formula is C26H28. The first-order chi connectivity index (χ1) is 12.6. The molecule has 1 atom stereocenters. The van der Waals surface area contributed by atoms with E-state index in [1.807, 2.05) is 0 Å². The maximum atomic E-state index is 2.55. The maximum Gasteiger partial charge on any atom is 0.0243 e. The minimum absolute atomic E-state index is 0.0841. The molecule has 0 bridgehead atoms. The summed E-state index contributed by atoms with van der Waals surface area (Å²) in [5, 5.41) is 0. The fraction of sp³-hybridized carbons (Fsp3) is 0.385. The molecule has 132 valence electrons. The van der Waals surface area contributed by atoms with Crippen molar-refractivity contribution in [2.75, 3.05) is 0 Å². The van der Waals surface area contributed by atoms with Crippen LogP contribution in [-0.4, -0.2) is 0 Å². The molecule has 0 fully saturated rings. The lowest BCUT2D eigenvalue weighted by molar-refractivity contribution is 0.534. The van der Waals surface area contributed by atoms with Crippen molar-refractivity contribution in [3.05, 3.63) is 87.1 Å². The van der Waals surface area contributed by atoms with Crippen molar-refractivity contribution in [3.8, 4) is 0 Å². The molecule has 0 saturated heterocycles. The van der Waals surface area contributed by atoms with Crippen LogP contribution in [0.1, 0.15) is 57.6 Å². The van der Waals surface area contributed by atoms with Crippen LogP contribution < -0.4 is 0 Å². The molecule has 0 aliphatic heterocycles. The van der Waals surface area contributed by atoms with Crippen LogP contribution in [0.4, 0.5) is 0 Å². The molecule has 0 saturated carbocycles. The number of allylic oxidation sites excluding steroid dienone is 9. The van der Waals surface area contributed by atoms with Gasteiger partial charge < -0.3 is 0 Å². The van der Waals surface area contributed by atoms with Gasteiger partial charge in [-0.15, -0.1) is 0 Å². The second-order valence-electron chi connectivity index (χ2n) is 8.92. The minimum Gasteiger partial charge on any atom is -0.0697 e. The van der Waals surface area contributed by atoms with Crippen LogP contribution >= 0.6 is 0 Å². The van der Waals surface area contributed by atoms with Crippen molar-refractivity contribution in [1.82, 2.24) is 0 Å². The molecule has 1 aromatic rings. The van der Waals surface area contributed by atoms with Gasteiger partial charge in [0, 0.05) is 11.3 Å². The Morgan fingerprint density at radius 2 is 1.81 bits per heavy atom. The SMILES string of the molecule is CC1=CC2C(=C1C(C)(C)C1=Cc3ccccc3C1)C=CC1=C2CCCC1. The molecule has 0 radical (unpaired) electrons. The van der Waals surface area contributed by atoms with Gasteiger partial charge in [-0.05, 0) is 72.4 Å². The molecule has 4 aliphatic carbocycles. The molecule has 0 spiro atoms. The van der Waals surface area contributed by atoms with E-state index in [9.17, 15) is 0 Å². The van der Waals surface area contributed by atoms with E-state index in [4.69, 9.17) is 0 Å². The zero-order chi connectivity index (χ0) is 17.9. The van der Waals surface area contributed by atoms with Crippen LogP contribution in [-0.2, 0) is 6.42 Å². The third-order valence-electron chi connectivity index (χ3n) is 7.02. The third kappa shape index (κ3) is 2.28. The van der Waals surface area contributed by atoms with Gasteiger partial charge in [0.25, 0.3) is 0 Å². The molecule has 0 nitrogen and oxygen atoms in total. The Balaban J connectivity index is 1.57. The van der Waals surface area contributed by atoms with Gasteiger partial charge in [-0.25, -0.2) is 0 Å². The third-order valence-corrected chi connectivity index (χ3v) is 7.02. The normalized spacial score (nSPS) is 24.3. The lowest BCUT2D eigenvalue weighted by atomic mass is 9.71. The van der Waals surface area contributed by atoms with E-state index in [1.165, 1.54) is 42.4 Å². The Kier molecular flexibility index (Phi) is 3.54. The van der Waals surface area contributed by atoms with E-state index in [0.717, 1.165) is 6.42 Å². The minimum atomic E-state index is 0.0841. The highest BCUT2D eigenvalue weighted by Gasteiger charge is 2.39. The molecule has 4 aliphatic rings. The predicted octanol–water partition coefficient (Wildman–Crippen LogP) is 6.97. The zero-order valence-corrected chi connectivity index (χ0v) is 16.2. The average Bonchev–Trinajstić information content (AvgIpc) is 3.22. The molecule has 0 heterocycles. The summed E-state index contributed by atoms with van der Waals surface area (Å²) in [5.74, 6) is 0.550. The molecule has 0 N–H and O–H groups in total. The molecule has 1 unspecified atom stereocenters.